The highest BCUT2D eigenvalue weighted by molar-refractivity contribution is 9.10. The zero-order valence-corrected chi connectivity index (χ0v) is 8.11. The Morgan fingerprint density at radius 1 is 1.55 bits per heavy atom. The Morgan fingerprint density at radius 3 is 2.82 bits per heavy atom. The molecule has 1 aromatic carbocycles. The molecule has 0 atom stereocenters. The molecular formula is C9H6BrCl. The van der Waals surface area contributed by atoms with Crippen LogP contribution in [0, 0.1) is 12.3 Å². The molecule has 0 aliphatic rings. The fourth-order valence-electron chi connectivity index (χ4n) is 0.775. The molecule has 11 heavy (non-hydrogen) atoms. The van der Waals surface area contributed by atoms with Crippen molar-refractivity contribution in [3.05, 3.63) is 33.3 Å². The van der Waals surface area contributed by atoms with Gasteiger partial charge in [-0.15, -0.1) is 12.3 Å². The Balaban J connectivity index is 3.01. The van der Waals surface area contributed by atoms with Gasteiger partial charge in [-0.3, -0.25) is 0 Å². The van der Waals surface area contributed by atoms with Crippen LogP contribution in [0.3, 0.4) is 0 Å². The summed E-state index contributed by atoms with van der Waals surface area (Å²) < 4.78 is 0.975. The summed E-state index contributed by atoms with van der Waals surface area (Å²) in [5.41, 5.74) is 1.09. The van der Waals surface area contributed by atoms with E-state index in [-0.39, 0.29) is 0 Å². The van der Waals surface area contributed by atoms with Crippen LogP contribution in [-0.2, 0) is 6.42 Å². The van der Waals surface area contributed by atoms with Gasteiger partial charge in [0.1, 0.15) is 0 Å². The molecule has 0 saturated heterocycles. The van der Waals surface area contributed by atoms with Crippen LogP contribution >= 0.6 is 27.5 Å². The van der Waals surface area contributed by atoms with E-state index >= 15 is 0 Å². The van der Waals surface area contributed by atoms with Gasteiger partial charge in [0.2, 0.25) is 0 Å². The Hall–Kier alpha value is -0.450. The fourth-order valence-corrected chi connectivity index (χ4v) is 1.60. The first-order chi connectivity index (χ1) is 5.24. The molecule has 0 fully saturated rings. The third-order valence-electron chi connectivity index (χ3n) is 1.31. The average molecular weight is 230 g/mol. The van der Waals surface area contributed by atoms with E-state index in [1.807, 2.05) is 18.2 Å². The van der Waals surface area contributed by atoms with Gasteiger partial charge in [-0.25, -0.2) is 0 Å². The Bertz CT molecular complexity index is 299. The van der Waals surface area contributed by atoms with Crippen LogP contribution in [0.2, 0.25) is 5.02 Å². The molecule has 0 nitrogen and oxygen atoms in total. The first-order valence-electron chi connectivity index (χ1n) is 3.11. The van der Waals surface area contributed by atoms with E-state index in [0.29, 0.717) is 6.42 Å². The number of rotatable bonds is 1. The number of terminal acetylenes is 1. The van der Waals surface area contributed by atoms with E-state index < -0.39 is 0 Å². The van der Waals surface area contributed by atoms with E-state index in [9.17, 15) is 0 Å². The molecule has 1 aromatic rings. The monoisotopic (exact) mass is 228 g/mol. The molecule has 0 aliphatic carbocycles. The zero-order valence-electron chi connectivity index (χ0n) is 5.77. The summed E-state index contributed by atoms with van der Waals surface area (Å²) >= 11 is 9.10. The SMILES string of the molecule is C#CCc1ccc(Cl)cc1Br. The second-order valence-corrected chi connectivity index (χ2v) is 3.41. The van der Waals surface area contributed by atoms with Gasteiger partial charge in [-0.2, -0.15) is 0 Å². The molecule has 56 valence electrons. The molecule has 0 N–H and O–H groups in total. The van der Waals surface area contributed by atoms with Gasteiger partial charge < -0.3 is 0 Å². The topological polar surface area (TPSA) is 0 Å². The molecular weight excluding hydrogens is 223 g/mol. The lowest BCUT2D eigenvalue weighted by atomic mass is 10.2. The smallest absolute Gasteiger partial charge is 0.0417 e. The molecule has 0 amide bonds. The number of halogens is 2. The van der Waals surface area contributed by atoms with E-state index in [2.05, 4.69) is 21.9 Å². The summed E-state index contributed by atoms with van der Waals surface area (Å²) in [6.07, 6.45) is 5.80. The van der Waals surface area contributed by atoms with Gasteiger partial charge in [-0.05, 0) is 17.7 Å². The lowest BCUT2D eigenvalue weighted by molar-refractivity contribution is 1.30. The quantitative estimate of drug-likeness (QED) is 0.648. The van der Waals surface area contributed by atoms with Gasteiger partial charge in [0.05, 0.1) is 0 Å². The maximum Gasteiger partial charge on any atom is 0.0417 e. The van der Waals surface area contributed by atoms with E-state index in [4.69, 9.17) is 18.0 Å². The fraction of sp³-hybridized carbons (Fsp3) is 0.111. The lowest BCUT2D eigenvalue weighted by Gasteiger charge is -1.99. The number of hydrogen-bond acceptors (Lipinski definition) is 0. The van der Waals surface area contributed by atoms with Crippen LogP contribution in [0.5, 0.6) is 0 Å². The van der Waals surface area contributed by atoms with Crippen LogP contribution in [0.25, 0.3) is 0 Å². The van der Waals surface area contributed by atoms with Crippen LogP contribution in [0.4, 0.5) is 0 Å². The van der Waals surface area contributed by atoms with Gasteiger partial charge >= 0.3 is 0 Å². The molecule has 1 rings (SSSR count). The van der Waals surface area contributed by atoms with Gasteiger partial charge in [-0.1, -0.05) is 33.6 Å². The lowest BCUT2D eigenvalue weighted by Crippen LogP contribution is -1.82. The molecule has 0 radical (unpaired) electrons. The Kier molecular flexibility index (Phi) is 2.99. The van der Waals surface area contributed by atoms with E-state index in [1.165, 1.54) is 0 Å². The summed E-state index contributed by atoms with van der Waals surface area (Å²) in [4.78, 5) is 0. The van der Waals surface area contributed by atoms with Gasteiger partial charge in [0, 0.05) is 15.9 Å². The number of hydrogen-bond donors (Lipinski definition) is 0. The minimum Gasteiger partial charge on any atom is -0.120 e. The summed E-state index contributed by atoms with van der Waals surface area (Å²) in [6.45, 7) is 0. The van der Waals surface area contributed by atoms with Crippen LogP contribution in [-0.4, -0.2) is 0 Å². The second kappa shape index (κ2) is 3.80. The molecule has 0 heterocycles. The van der Waals surface area contributed by atoms with Crippen LogP contribution in [0.1, 0.15) is 5.56 Å². The molecule has 0 spiro atoms. The Labute approximate surface area is 79.7 Å². The predicted molar refractivity (Wildman–Crippen MR) is 51.7 cm³/mol. The summed E-state index contributed by atoms with van der Waals surface area (Å²) in [7, 11) is 0. The van der Waals surface area contributed by atoms with Crippen molar-refractivity contribution < 1.29 is 0 Å². The van der Waals surface area contributed by atoms with Gasteiger partial charge in [0.15, 0.2) is 0 Å². The molecule has 2 heteroatoms. The van der Waals surface area contributed by atoms with Crippen molar-refractivity contribution in [2.24, 2.45) is 0 Å². The summed E-state index contributed by atoms with van der Waals surface area (Å²) in [5.74, 6) is 2.57. The highest BCUT2D eigenvalue weighted by Gasteiger charge is 1.97. The molecule has 0 unspecified atom stereocenters. The standard InChI is InChI=1S/C9H6BrCl/c1-2-3-7-4-5-8(11)6-9(7)10/h1,4-6H,3H2. The average Bonchev–Trinajstić information content (AvgIpc) is 1.95. The minimum atomic E-state index is 0.637. The Morgan fingerprint density at radius 2 is 2.27 bits per heavy atom. The van der Waals surface area contributed by atoms with Crippen molar-refractivity contribution in [2.45, 2.75) is 6.42 Å². The van der Waals surface area contributed by atoms with Crippen molar-refractivity contribution in [3.63, 3.8) is 0 Å². The zero-order chi connectivity index (χ0) is 8.27. The van der Waals surface area contributed by atoms with Crippen molar-refractivity contribution in [1.29, 1.82) is 0 Å². The van der Waals surface area contributed by atoms with Crippen LogP contribution < -0.4 is 0 Å². The molecule has 0 saturated carbocycles. The molecule has 0 bridgehead atoms. The van der Waals surface area contributed by atoms with E-state index in [0.717, 1.165) is 15.1 Å². The first kappa shape index (κ1) is 8.64. The molecule has 0 aliphatic heterocycles. The highest BCUT2D eigenvalue weighted by Crippen LogP contribution is 2.21. The minimum absolute atomic E-state index is 0.637. The normalized spacial score (nSPS) is 9.18. The van der Waals surface area contributed by atoms with Gasteiger partial charge in [0.25, 0.3) is 0 Å². The second-order valence-electron chi connectivity index (χ2n) is 2.12. The van der Waals surface area contributed by atoms with Crippen molar-refractivity contribution in [1.82, 2.24) is 0 Å². The van der Waals surface area contributed by atoms with Crippen molar-refractivity contribution >= 4 is 27.5 Å². The van der Waals surface area contributed by atoms with Crippen LogP contribution in [0.15, 0.2) is 22.7 Å². The largest absolute Gasteiger partial charge is 0.120 e. The summed E-state index contributed by atoms with van der Waals surface area (Å²) in [5, 5.41) is 0.720. The summed E-state index contributed by atoms with van der Waals surface area (Å²) in [6, 6.07) is 5.60. The van der Waals surface area contributed by atoms with Crippen molar-refractivity contribution in [2.75, 3.05) is 0 Å². The first-order valence-corrected chi connectivity index (χ1v) is 4.28. The maximum absolute atomic E-state index is 5.74. The van der Waals surface area contributed by atoms with E-state index in [1.54, 1.807) is 0 Å². The number of benzene rings is 1. The maximum atomic E-state index is 5.74. The third kappa shape index (κ3) is 2.25. The molecule has 0 aromatic heterocycles. The van der Waals surface area contributed by atoms with Crippen molar-refractivity contribution in [3.8, 4) is 12.3 Å². The predicted octanol–water partition coefficient (Wildman–Crippen LogP) is 3.28. The third-order valence-corrected chi connectivity index (χ3v) is 2.28. The highest BCUT2D eigenvalue weighted by atomic mass is 79.9.